The second-order valence-corrected chi connectivity index (χ2v) is 8.82. The van der Waals surface area contributed by atoms with Crippen molar-refractivity contribution < 1.29 is 17.9 Å². The minimum atomic E-state index is -3.63. The molecule has 1 amide bonds. The van der Waals surface area contributed by atoms with Crippen molar-refractivity contribution in [1.29, 1.82) is 0 Å². The molecule has 1 N–H and O–H groups in total. The topological polar surface area (TPSA) is 75.7 Å². The fourth-order valence-electron chi connectivity index (χ4n) is 2.87. The molecule has 0 spiro atoms. The van der Waals surface area contributed by atoms with Gasteiger partial charge in [0.15, 0.2) is 0 Å². The van der Waals surface area contributed by atoms with Crippen molar-refractivity contribution in [1.82, 2.24) is 5.32 Å². The van der Waals surface area contributed by atoms with Gasteiger partial charge in [-0.2, -0.15) is 0 Å². The molecule has 2 rings (SSSR count). The summed E-state index contributed by atoms with van der Waals surface area (Å²) in [5.41, 5.74) is 3.59. The molecule has 0 aliphatic carbocycles. The third-order valence-electron chi connectivity index (χ3n) is 4.49. The van der Waals surface area contributed by atoms with Gasteiger partial charge in [0.1, 0.15) is 18.4 Å². The molecular formula is C21H28N2O4S. The second kappa shape index (κ2) is 9.10. The van der Waals surface area contributed by atoms with E-state index in [1.54, 1.807) is 19.1 Å². The van der Waals surface area contributed by atoms with Crippen LogP contribution in [0.3, 0.4) is 0 Å². The molecule has 0 bridgehead atoms. The maximum atomic E-state index is 12.5. The van der Waals surface area contributed by atoms with Crippen LogP contribution in [0.1, 0.15) is 23.6 Å². The van der Waals surface area contributed by atoms with Gasteiger partial charge in [0, 0.05) is 0 Å². The van der Waals surface area contributed by atoms with Crippen LogP contribution in [0.15, 0.2) is 42.5 Å². The molecule has 0 fully saturated rings. The van der Waals surface area contributed by atoms with E-state index in [4.69, 9.17) is 4.74 Å². The molecule has 1 unspecified atom stereocenters. The molecule has 0 aliphatic heterocycles. The van der Waals surface area contributed by atoms with E-state index in [1.807, 2.05) is 51.1 Å². The smallest absolute Gasteiger partial charge is 0.243 e. The maximum absolute atomic E-state index is 12.5. The SMILES string of the molecule is Cc1cccc(OCCNC(=O)C(C)N(c2ccc(C)c(C)c2)S(C)(=O)=O)c1. The monoisotopic (exact) mass is 404 g/mol. The molecule has 2 aromatic rings. The van der Waals surface area contributed by atoms with Crippen LogP contribution in [0.2, 0.25) is 0 Å². The van der Waals surface area contributed by atoms with Crippen molar-refractivity contribution in [2.45, 2.75) is 33.7 Å². The lowest BCUT2D eigenvalue weighted by atomic mass is 10.1. The fraction of sp³-hybridized carbons (Fsp3) is 0.381. The minimum absolute atomic E-state index is 0.279. The molecule has 6 nitrogen and oxygen atoms in total. The quantitative estimate of drug-likeness (QED) is 0.687. The lowest BCUT2D eigenvalue weighted by molar-refractivity contribution is -0.121. The second-order valence-electron chi connectivity index (χ2n) is 6.96. The molecule has 28 heavy (non-hydrogen) atoms. The molecule has 0 saturated carbocycles. The first kappa shape index (κ1) is 21.8. The van der Waals surface area contributed by atoms with Gasteiger partial charge in [0.05, 0.1) is 18.5 Å². The van der Waals surface area contributed by atoms with E-state index in [2.05, 4.69) is 5.32 Å². The van der Waals surface area contributed by atoms with Crippen molar-refractivity contribution in [3.63, 3.8) is 0 Å². The molecule has 0 aromatic heterocycles. The Morgan fingerprint density at radius 3 is 2.43 bits per heavy atom. The number of aryl methyl sites for hydroxylation is 3. The maximum Gasteiger partial charge on any atom is 0.243 e. The van der Waals surface area contributed by atoms with E-state index < -0.39 is 16.1 Å². The number of hydrogen-bond donors (Lipinski definition) is 1. The van der Waals surface area contributed by atoms with Gasteiger partial charge in [0.2, 0.25) is 15.9 Å². The molecule has 0 radical (unpaired) electrons. The first-order valence-electron chi connectivity index (χ1n) is 9.13. The van der Waals surface area contributed by atoms with E-state index >= 15 is 0 Å². The first-order chi connectivity index (χ1) is 13.1. The van der Waals surface area contributed by atoms with Crippen molar-refractivity contribution in [3.8, 4) is 5.75 Å². The van der Waals surface area contributed by atoms with Crippen LogP contribution in [0.4, 0.5) is 5.69 Å². The highest BCUT2D eigenvalue weighted by Gasteiger charge is 2.29. The van der Waals surface area contributed by atoms with E-state index in [1.165, 1.54) is 0 Å². The Labute approximate surface area is 167 Å². The number of sulfonamides is 1. The Hall–Kier alpha value is -2.54. The molecule has 2 aromatic carbocycles. The highest BCUT2D eigenvalue weighted by atomic mass is 32.2. The van der Waals surface area contributed by atoms with Crippen LogP contribution < -0.4 is 14.4 Å². The van der Waals surface area contributed by atoms with E-state index in [-0.39, 0.29) is 12.5 Å². The number of ether oxygens (including phenoxy) is 1. The van der Waals surface area contributed by atoms with Gasteiger partial charge < -0.3 is 10.1 Å². The molecule has 0 aliphatic rings. The van der Waals surface area contributed by atoms with Crippen LogP contribution in [0.5, 0.6) is 5.75 Å². The molecular weight excluding hydrogens is 376 g/mol. The molecule has 152 valence electrons. The van der Waals surface area contributed by atoms with Gasteiger partial charge in [-0.05, 0) is 68.7 Å². The van der Waals surface area contributed by atoms with Crippen LogP contribution in [-0.4, -0.2) is 39.8 Å². The number of rotatable bonds is 8. The number of carbonyl (C=O) groups excluding carboxylic acids is 1. The van der Waals surface area contributed by atoms with Crippen molar-refractivity contribution in [2.75, 3.05) is 23.7 Å². The number of nitrogens with one attached hydrogen (secondary N) is 1. The van der Waals surface area contributed by atoms with Gasteiger partial charge in [-0.1, -0.05) is 18.2 Å². The summed E-state index contributed by atoms with van der Waals surface area (Å²) in [6.07, 6.45) is 1.10. The Bertz CT molecular complexity index is 941. The summed E-state index contributed by atoms with van der Waals surface area (Å²) in [6.45, 7) is 7.99. The van der Waals surface area contributed by atoms with Gasteiger partial charge in [-0.3, -0.25) is 9.10 Å². The number of hydrogen-bond acceptors (Lipinski definition) is 4. The Balaban J connectivity index is 2.02. The van der Waals surface area contributed by atoms with Crippen LogP contribution >= 0.6 is 0 Å². The number of amides is 1. The summed E-state index contributed by atoms with van der Waals surface area (Å²) >= 11 is 0. The van der Waals surface area contributed by atoms with E-state index in [9.17, 15) is 13.2 Å². The standard InChI is InChI=1S/C21H28N2O4S/c1-15-7-6-8-20(13-15)27-12-11-22-21(24)18(4)23(28(5,25)26)19-10-9-16(2)17(3)14-19/h6-10,13-14,18H,11-12H2,1-5H3,(H,22,24). The first-order valence-corrected chi connectivity index (χ1v) is 11.0. The fourth-order valence-corrected chi connectivity index (χ4v) is 4.03. The average Bonchev–Trinajstić information content (AvgIpc) is 2.60. The van der Waals surface area contributed by atoms with Gasteiger partial charge in [0.25, 0.3) is 0 Å². The van der Waals surface area contributed by atoms with E-state index in [0.717, 1.165) is 33.0 Å². The van der Waals surface area contributed by atoms with Crippen LogP contribution in [0, 0.1) is 20.8 Å². The summed E-state index contributed by atoms with van der Waals surface area (Å²) in [7, 11) is -3.63. The van der Waals surface area contributed by atoms with Gasteiger partial charge in [-0.15, -0.1) is 0 Å². The zero-order chi connectivity index (χ0) is 20.9. The molecule has 1 atom stereocenters. The van der Waals surface area contributed by atoms with Crippen LogP contribution in [0.25, 0.3) is 0 Å². The lowest BCUT2D eigenvalue weighted by Gasteiger charge is -2.28. The lowest BCUT2D eigenvalue weighted by Crippen LogP contribution is -2.48. The zero-order valence-corrected chi connectivity index (χ0v) is 17.8. The Kier molecular flexibility index (Phi) is 7.07. The third kappa shape index (κ3) is 5.73. The highest BCUT2D eigenvalue weighted by molar-refractivity contribution is 7.92. The predicted molar refractivity (Wildman–Crippen MR) is 112 cm³/mol. The number of carbonyl (C=O) groups is 1. The van der Waals surface area contributed by atoms with Crippen molar-refractivity contribution in [2.24, 2.45) is 0 Å². The third-order valence-corrected chi connectivity index (χ3v) is 5.73. The highest BCUT2D eigenvalue weighted by Crippen LogP contribution is 2.23. The minimum Gasteiger partial charge on any atom is -0.492 e. The molecule has 7 heteroatoms. The molecule has 0 saturated heterocycles. The Morgan fingerprint density at radius 1 is 1.11 bits per heavy atom. The number of benzene rings is 2. The molecule has 0 heterocycles. The predicted octanol–water partition coefficient (Wildman–Crippen LogP) is 2.96. The van der Waals surface area contributed by atoms with Gasteiger partial charge in [-0.25, -0.2) is 8.42 Å². The summed E-state index contributed by atoms with van der Waals surface area (Å²) in [5.74, 6) is 0.353. The number of anilines is 1. The zero-order valence-electron chi connectivity index (χ0n) is 17.0. The average molecular weight is 405 g/mol. The largest absolute Gasteiger partial charge is 0.492 e. The summed E-state index contributed by atoms with van der Waals surface area (Å²) in [6, 6.07) is 12.1. The van der Waals surface area contributed by atoms with Gasteiger partial charge >= 0.3 is 0 Å². The summed E-state index contributed by atoms with van der Waals surface area (Å²) in [5, 5.41) is 2.75. The Morgan fingerprint density at radius 2 is 1.82 bits per heavy atom. The van der Waals surface area contributed by atoms with Crippen LogP contribution in [-0.2, 0) is 14.8 Å². The normalized spacial score (nSPS) is 12.3. The summed E-state index contributed by atoms with van der Waals surface area (Å²) in [4.78, 5) is 12.5. The van der Waals surface area contributed by atoms with Crippen molar-refractivity contribution >= 4 is 21.6 Å². The van der Waals surface area contributed by atoms with E-state index in [0.29, 0.717) is 12.3 Å². The number of nitrogens with zero attached hydrogens (tertiary/aromatic N) is 1. The van der Waals surface area contributed by atoms with Crippen molar-refractivity contribution in [3.05, 3.63) is 59.2 Å². The summed E-state index contributed by atoms with van der Waals surface area (Å²) < 4.78 is 31.4.